The summed E-state index contributed by atoms with van der Waals surface area (Å²) in [6.07, 6.45) is 4.76. The van der Waals surface area contributed by atoms with E-state index >= 15 is 0 Å². The number of benzene rings is 1. The number of hydrogen-bond acceptors (Lipinski definition) is 4. The topological polar surface area (TPSA) is 87.5 Å². The maximum atomic E-state index is 12.9. The fraction of sp³-hybridized carbons (Fsp3) is 0.429. The monoisotopic (exact) mass is 395 g/mol. The molecular weight excluding hydrogens is 370 g/mol. The summed E-state index contributed by atoms with van der Waals surface area (Å²) in [7, 11) is 0. The molecule has 152 valence electrons. The van der Waals surface area contributed by atoms with Crippen molar-refractivity contribution in [2.45, 2.75) is 25.8 Å². The Morgan fingerprint density at radius 2 is 1.66 bits per heavy atom. The highest BCUT2D eigenvalue weighted by Gasteiger charge is 2.28. The Morgan fingerprint density at radius 3 is 2.41 bits per heavy atom. The van der Waals surface area contributed by atoms with Gasteiger partial charge in [-0.3, -0.25) is 19.1 Å². The molecule has 0 unspecified atom stereocenters. The van der Waals surface area contributed by atoms with Gasteiger partial charge >= 0.3 is 0 Å². The number of rotatable bonds is 4. The third kappa shape index (κ3) is 4.16. The number of piperazine rings is 1. The maximum absolute atomic E-state index is 12.9. The van der Waals surface area contributed by atoms with E-state index in [2.05, 4.69) is 10.4 Å². The minimum absolute atomic E-state index is 0.00220. The van der Waals surface area contributed by atoms with Crippen LogP contribution >= 0.6 is 0 Å². The second kappa shape index (κ2) is 8.46. The number of amides is 3. The Bertz CT molecular complexity index is 900. The molecule has 0 spiro atoms. The standard InChI is InChI=1S/C21H25N5O3/c27-19(15-22-20(28)16-6-2-1-3-7-16)24-10-12-25(13-11-24)21(29)17-14-23-26-9-5-4-8-18(17)26/h1-3,6-7,14H,4-5,8-13,15H2,(H,22,28). The van der Waals surface area contributed by atoms with Crippen molar-refractivity contribution in [3.05, 3.63) is 53.3 Å². The lowest BCUT2D eigenvalue weighted by Crippen LogP contribution is -2.52. The first kappa shape index (κ1) is 19.2. The molecule has 0 atom stereocenters. The van der Waals surface area contributed by atoms with Gasteiger partial charge in [-0.05, 0) is 31.4 Å². The van der Waals surface area contributed by atoms with E-state index in [1.54, 1.807) is 40.3 Å². The van der Waals surface area contributed by atoms with E-state index in [0.717, 1.165) is 31.5 Å². The zero-order valence-electron chi connectivity index (χ0n) is 16.3. The number of aryl methyl sites for hydroxylation is 1. The highest BCUT2D eigenvalue weighted by molar-refractivity contribution is 5.97. The van der Waals surface area contributed by atoms with Gasteiger partial charge in [0.25, 0.3) is 11.8 Å². The summed E-state index contributed by atoms with van der Waals surface area (Å²) in [5, 5.41) is 7.01. The fourth-order valence-electron chi connectivity index (χ4n) is 3.89. The van der Waals surface area contributed by atoms with Crippen molar-refractivity contribution in [3.63, 3.8) is 0 Å². The van der Waals surface area contributed by atoms with Crippen molar-refractivity contribution >= 4 is 17.7 Å². The minimum Gasteiger partial charge on any atom is -0.343 e. The molecule has 8 heteroatoms. The van der Waals surface area contributed by atoms with Crippen molar-refractivity contribution in [3.8, 4) is 0 Å². The Balaban J connectivity index is 1.28. The van der Waals surface area contributed by atoms with Gasteiger partial charge in [0, 0.05) is 38.3 Å². The van der Waals surface area contributed by atoms with Crippen molar-refractivity contribution in [2.24, 2.45) is 0 Å². The molecule has 0 saturated carbocycles. The molecule has 2 aliphatic rings. The lowest BCUT2D eigenvalue weighted by atomic mass is 10.1. The van der Waals surface area contributed by atoms with Gasteiger partial charge in [-0.15, -0.1) is 0 Å². The van der Waals surface area contributed by atoms with Crippen LogP contribution in [0.5, 0.6) is 0 Å². The van der Waals surface area contributed by atoms with Crippen LogP contribution in [0, 0.1) is 0 Å². The van der Waals surface area contributed by atoms with Gasteiger partial charge in [0.1, 0.15) is 0 Å². The molecule has 0 radical (unpaired) electrons. The van der Waals surface area contributed by atoms with Gasteiger partial charge in [-0.2, -0.15) is 5.10 Å². The lowest BCUT2D eigenvalue weighted by molar-refractivity contribution is -0.131. The number of nitrogens with zero attached hydrogens (tertiary/aromatic N) is 4. The van der Waals surface area contributed by atoms with Crippen molar-refractivity contribution in [2.75, 3.05) is 32.7 Å². The number of carbonyl (C=O) groups is 3. The van der Waals surface area contributed by atoms with E-state index in [1.165, 1.54) is 0 Å². The third-order valence-corrected chi connectivity index (χ3v) is 5.57. The van der Waals surface area contributed by atoms with Crippen LogP contribution in [-0.4, -0.2) is 70.0 Å². The molecular formula is C21H25N5O3. The second-order valence-electron chi connectivity index (χ2n) is 7.41. The Morgan fingerprint density at radius 1 is 0.931 bits per heavy atom. The first-order valence-electron chi connectivity index (χ1n) is 10.1. The molecule has 4 rings (SSSR count). The summed E-state index contributed by atoms with van der Waals surface area (Å²) < 4.78 is 1.94. The zero-order valence-corrected chi connectivity index (χ0v) is 16.3. The number of aromatic nitrogens is 2. The van der Waals surface area contributed by atoms with Crippen molar-refractivity contribution < 1.29 is 14.4 Å². The van der Waals surface area contributed by atoms with Crippen LogP contribution in [0.1, 0.15) is 39.3 Å². The van der Waals surface area contributed by atoms with Gasteiger partial charge < -0.3 is 15.1 Å². The van der Waals surface area contributed by atoms with Crippen LogP contribution in [0.15, 0.2) is 36.5 Å². The summed E-state index contributed by atoms with van der Waals surface area (Å²) >= 11 is 0. The molecule has 3 heterocycles. The molecule has 1 saturated heterocycles. The van der Waals surface area contributed by atoms with Gasteiger partial charge in [0.15, 0.2) is 0 Å². The summed E-state index contributed by atoms with van der Waals surface area (Å²) in [5.41, 5.74) is 2.25. The number of carbonyl (C=O) groups excluding carboxylic acids is 3. The molecule has 8 nitrogen and oxygen atoms in total. The van der Waals surface area contributed by atoms with Crippen LogP contribution in [0.2, 0.25) is 0 Å². The number of fused-ring (bicyclic) bond motifs is 1. The molecule has 1 N–H and O–H groups in total. The van der Waals surface area contributed by atoms with E-state index in [1.807, 2.05) is 10.7 Å². The Hall–Kier alpha value is -3.16. The Kier molecular flexibility index (Phi) is 5.59. The highest BCUT2D eigenvalue weighted by atomic mass is 16.2. The second-order valence-corrected chi connectivity index (χ2v) is 7.41. The average molecular weight is 395 g/mol. The van der Waals surface area contributed by atoms with Gasteiger partial charge in [-0.1, -0.05) is 18.2 Å². The summed E-state index contributed by atoms with van der Waals surface area (Å²) in [4.78, 5) is 40.9. The normalized spacial score (nSPS) is 16.3. The van der Waals surface area contributed by atoms with Gasteiger partial charge in [0.2, 0.25) is 5.91 Å². The van der Waals surface area contributed by atoms with Crippen LogP contribution in [0.4, 0.5) is 0 Å². The van der Waals surface area contributed by atoms with E-state index in [0.29, 0.717) is 37.3 Å². The molecule has 1 aromatic carbocycles. The van der Waals surface area contributed by atoms with E-state index in [-0.39, 0.29) is 24.3 Å². The molecule has 0 aliphatic carbocycles. The molecule has 3 amide bonds. The smallest absolute Gasteiger partial charge is 0.257 e. The van der Waals surface area contributed by atoms with Crippen molar-refractivity contribution in [1.29, 1.82) is 0 Å². The average Bonchev–Trinajstić information content (AvgIpc) is 3.21. The van der Waals surface area contributed by atoms with E-state index in [4.69, 9.17) is 0 Å². The van der Waals surface area contributed by atoms with Crippen LogP contribution in [0.25, 0.3) is 0 Å². The predicted molar refractivity (Wildman–Crippen MR) is 106 cm³/mol. The molecule has 1 fully saturated rings. The fourth-order valence-corrected chi connectivity index (χ4v) is 3.89. The largest absolute Gasteiger partial charge is 0.343 e. The molecule has 1 aromatic heterocycles. The Labute approximate surface area is 169 Å². The summed E-state index contributed by atoms with van der Waals surface area (Å²) in [6, 6.07) is 8.82. The zero-order chi connectivity index (χ0) is 20.2. The SMILES string of the molecule is O=C(NCC(=O)N1CCN(C(=O)c2cnn3c2CCCC3)CC1)c1ccccc1. The minimum atomic E-state index is -0.265. The molecule has 29 heavy (non-hydrogen) atoms. The third-order valence-electron chi connectivity index (χ3n) is 5.57. The van der Waals surface area contributed by atoms with Gasteiger partial charge in [-0.25, -0.2) is 0 Å². The quantitative estimate of drug-likeness (QED) is 0.834. The summed E-state index contributed by atoms with van der Waals surface area (Å²) in [5.74, 6) is -0.402. The van der Waals surface area contributed by atoms with E-state index in [9.17, 15) is 14.4 Å². The van der Waals surface area contributed by atoms with Crippen LogP contribution < -0.4 is 5.32 Å². The number of hydrogen-bond donors (Lipinski definition) is 1. The molecule has 2 aromatic rings. The van der Waals surface area contributed by atoms with Crippen LogP contribution in [-0.2, 0) is 17.8 Å². The first-order valence-corrected chi connectivity index (χ1v) is 10.1. The first-order chi connectivity index (χ1) is 14.1. The lowest BCUT2D eigenvalue weighted by Gasteiger charge is -2.35. The molecule has 0 bridgehead atoms. The number of nitrogens with one attached hydrogen (secondary N) is 1. The maximum Gasteiger partial charge on any atom is 0.257 e. The highest BCUT2D eigenvalue weighted by Crippen LogP contribution is 2.20. The van der Waals surface area contributed by atoms with E-state index < -0.39 is 0 Å². The van der Waals surface area contributed by atoms with Crippen LogP contribution in [0.3, 0.4) is 0 Å². The summed E-state index contributed by atoms with van der Waals surface area (Å²) in [6.45, 7) is 2.74. The predicted octanol–water partition coefficient (Wildman–Crippen LogP) is 0.934. The van der Waals surface area contributed by atoms with Crippen molar-refractivity contribution in [1.82, 2.24) is 24.9 Å². The molecule has 2 aliphatic heterocycles. The van der Waals surface area contributed by atoms with Gasteiger partial charge in [0.05, 0.1) is 24.0 Å².